The predicted molar refractivity (Wildman–Crippen MR) is 70.0 cm³/mol. The monoisotopic (exact) mass is 275 g/mol. The van der Waals surface area contributed by atoms with E-state index in [0.29, 0.717) is 11.7 Å². The second-order valence-corrected chi connectivity index (χ2v) is 4.91. The van der Waals surface area contributed by atoms with E-state index < -0.39 is 5.82 Å². The van der Waals surface area contributed by atoms with Crippen molar-refractivity contribution in [1.82, 2.24) is 19.7 Å². The summed E-state index contributed by atoms with van der Waals surface area (Å²) in [6, 6.07) is 2.06. The van der Waals surface area contributed by atoms with E-state index in [9.17, 15) is 9.18 Å². The number of carbonyl (C=O) groups is 1. The maximum absolute atomic E-state index is 12.8. The van der Waals surface area contributed by atoms with Crippen molar-refractivity contribution in [2.75, 3.05) is 11.9 Å². The molecule has 1 saturated carbocycles. The summed E-state index contributed by atoms with van der Waals surface area (Å²) in [5.74, 6) is -0.616. The molecule has 0 spiro atoms. The van der Waals surface area contributed by atoms with Gasteiger partial charge < -0.3 is 0 Å². The van der Waals surface area contributed by atoms with Gasteiger partial charge >= 0.3 is 0 Å². The van der Waals surface area contributed by atoms with Crippen molar-refractivity contribution in [3.63, 3.8) is 0 Å². The molecule has 7 heteroatoms. The van der Waals surface area contributed by atoms with Gasteiger partial charge in [-0.15, -0.1) is 0 Å². The van der Waals surface area contributed by atoms with E-state index in [0.717, 1.165) is 30.9 Å². The first-order valence-electron chi connectivity index (χ1n) is 6.38. The zero-order valence-electron chi connectivity index (χ0n) is 11.2. The van der Waals surface area contributed by atoms with Gasteiger partial charge in [0.1, 0.15) is 5.69 Å². The summed E-state index contributed by atoms with van der Waals surface area (Å²) in [6.07, 6.45) is 4.15. The highest BCUT2D eigenvalue weighted by molar-refractivity contribution is 6.03. The summed E-state index contributed by atoms with van der Waals surface area (Å²) >= 11 is 0. The molecule has 6 nitrogen and oxygen atoms in total. The number of halogens is 1. The van der Waals surface area contributed by atoms with Crippen LogP contribution in [0.4, 0.5) is 10.3 Å². The number of aromatic nitrogens is 4. The average Bonchev–Trinajstić information content (AvgIpc) is 3.21. The van der Waals surface area contributed by atoms with Gasteiger partial charge in [-0.05, 0) is 25.8 Å². The highest BCUT2D eigenvalue weighted by Crippen LogP contribution is 2.35. The predicted octanol–water partition coefficient (Wildman–Crippen LogP) is 1.73. The molecule has 20 heavy (non-hydrogen) atoms. The van der Waals surface area contributed by atoms with E-state index >= 15 is 0 Å². The number of hydrogen-bond acceptors (Lipinski definition) is 4. The Kier molecular flexibility index (Phi) is 2.96. The molecule has 1 fully saturated rings. The molecule has 1 aliphatic rings. The molecule has 0 unspecified atom stereocenters. The van der Waals surface area contributed by atoms with Crippen LogP contribution >= 0.6 is 0 Å². The molecule has 0 aliphatic heterocycles. The summed E-state index contributed by atoms with van der Waals surface area (Å²) < 4.78 is 14.6. The van der Waals surface area contributed by atoms with Gasteiger partial charge in [0, 0.05) is 7.05 Å². The minimum atomic E-state index is -0.534. The summed E-state index contributed by atoms with van der Waals surface area (Å²) in [4.78, 5) is 21.4. The van der Waals surface area contributed by atoms with E-state index in [4.69, 9.17) is 0 Å². The lowest BCUT2D eigenvalue weighted by atomic mass is 10.3. The lowest BCUT2D eigenvalue weighted by Crippen LogP contribution is -2.30. The summed E-state index contributed by atoms with van der Waals surface area (Å²) in [7, 11) is 1.56. The van der Waals surface area contributed by atoms with E-state index in [1.54, 1.807) is 17.8 Å². The molecular weight excluding hydrogens is 261 g/mol. The van der Waals surface area contributed by atoms with Crippen LogP contribution in [0.2, 0.25) is 0 Å². The van der Waals surface area contributed by atoms with Crippen molar-refractivity contribution < 1.29 is 9.18 Å². The summed E-state index contributed by atoms with van der Waals surface area (Å²) in [5, 5.41) is 4.35. The number of nitrogens with zero attached hydrogens (tertiary/aromatic N) is 5. The SMILES string of the molecule is Cc1cc(C(=O)N(C)c2ncc(F)cn2)n(C2CC2)n1. The van der Waals surface area contributed by atoms with Crippen molar-refractivity contribution in [2.24, 2.45) is 0 Å². The lowest BCUT2D eigenvalue weighted by Gasteiger charge is -2.15. The number of aryl methyl sites for hydroxylation is 1. The molecule has 0 bridgehead atoms. The normalized spacial score (nSPS) is 14.3. The molecule has 0 saturated heterocycles. The van der Waals surface area contributed by atoms with E-state index in [1.807, 2.05) is 6.92 Å². The Morgan fingerprint density at radius 3 is 2.65 bits per heavy atom. The number of amides is 1. The molecule has 0 N–H and O–H groups in total. The maximum Gasteiger partial charge on any atom is 0.278 e. The number of carbonyl (C=O) groups excluding carboxylic acids is 1. The van der Waals surface area contributed by atoms with Crippen molar-refractivity contribution in [2.45, 2.75) is 25.8 Å². The zero-order valence-corrected chi connectivity index (χ0v) is 11.2. The number of anilines is 1. The minimum absolute atomic E-state index is 0.164. The maximum atomic E-state index is 12.8. The topological polar surface area (TPSA) is 63.9 Å². The van der Waals surface area contributed by atoms with Gasteiger partial charge in [-0.3, -0.25) is 14.4 Å². The molecule has 3 rings (SSSR count). The molecule has 0 radical (unpaired) electrons. The van der Waals surface area contributed by atoms with Crippen molar-refractivity contribution >= 4 is 11.9 Å². The molecule has 0 aromatic carbocycles. The fraction of sp³-hybridized carbons (Fsp3) is 0.385. The first-order chi connectivity index (χ1) is 9.56. The fourth-order valence-corrected chi connectivity index (χ4v) is 2.02. The van der Waals surface area contributed by atoms with Crippen LogP contribution in [-0.4, -0.2) is 32.7 Å². The Morgan fingerprint density at radius 2 is 2.05 bits per heavy atom. The Bertz CT molecular complexity index is 647. The Balaban J connectivity index is 1.90. The zero-order chi connectivity index (χ0) is 14.3. The number of hydrogen-bond donors (Lipinski definition) is 0. The van der Waals surface area contributed by atoms with Gasteiger partial charge in [0.25, 0.3) is 5.91 Å². The third-order valence-corrected chi connectivity index (χ3v) is 3.18. The summed E-state index contributed by atoms with van der Waals surface area (Å²) in [5.41, 5.74) is 1.31. The van der Waals surface area contributed by atoms with Gasteiger partial charge in [0.2, 0.25) is 5.95 Å². The van der Waals surface area contributed by atoms with E-state index in [1.165, 1.54) is 4.90 Å². The van der Waals surface area contributed by atoms with Crippen molar-refractivity contribution in [1.29, 1.82) is 0 Å². The molecule has 0 atom stereocenters. The average molecular weight is 275 g/mol. The van der Waals surface area contributed by atoms with Crippen LogP contribution in [0, 0.1) is 12.7 Å². The molecule has 2 aromatic heterocycles. The first kappa shape index (κ1) is 12.7. The van der Waals surface area contributed by atoms with Gasteiger partial charge in [0.15, 0.2) is 5.82 Å². The number of rotatable bonds is 3. The second kappa shape index (κ2) is 4.66. The van der Waals surface area contributed by atoms with E-state index in [-0.39, 0.29) is 11.9 Å². The molecule has 1 aliphatic carbocycles. The smallest absolute Gasteiger partial charge is 0.278 e. The van der Waals surface area contributed by atoms with Gasteiger partial charge in [0.05, 0.1) is 24.1 Å². The largest absolute Gasteiger partial charge is 0.278 e. The van der Waals surface area contributed by atoms with Crippen LogP contribution in [0.1, 0.15) is 35.1 Å². The second-order valence-electron chi connectivity index (χ2n) is 4.91. The van der Waals surface area contributed by atoms with Gasteiger partial charge in [-0.1, -0.05) is 0 Å². The molecule has 104 valence electrons. The fourth-order valence-electron chi connectivity index (χ4n) is 2.02. The Morgan fingerprint density at radius 1 is 1.40 bits per heavy atom. The lowest BCUT2D eigenvalue weighted by molar-refractivity contribution is 0.0981. The van der Waals surface area contributed by atoms with Crippen LogP contribution in [0.3, 0.4) is 0 Å². The Hall–Kier alpha value is -2.31. The molecular formula is C13H14FN5O. The van der Waals surface area contributed by atoms with Gasteiger partial charge in [-0.2, -0.15) is 5.10 Å². The van der Waals surface area contributed by atoms with Gasteiger partial charge in [-0.25, -0.2) is 14.4 Å². The van der Waals surface area contributed by atoms with Crippen LogP contribution < -0.4 is 4.90 Å². The van der Waals surface area contributed by atoms with E-state index in [2.05, 4.69) is 15.1 Å². The molecule has 2 aromatic rings. The van der Waals surface area contributed by atoms with Crippen molar-refractivity contribution in [3.05, 3.63) is 35.7 Å². The van der Waals surface area contributed by atoms with Crippen LogP contribution in [0.5, 0.6) is 0 Å². The summed E-state index contributed by atoms with van der Waals surface area (Å²) in [6.45, 7) is 1.85. The minimum Gasteiger partial charge on any atom is -0.278 e. The van der Waals surface area contributed by atoms with Crippen LogP contribution in [-0.2, 0) is 0 Å². The quantitative estimate of drug-likeness (QED) is 0.855. The standard InChI is InChI=1S/C13H14FN5O/c1-8-5-11(19(17-8)10-3-4-10)12(20)18(2)13-15-6-9(14)7-16-13/h5-7,10H,3-4H2,1-2H3. The third kappa shape index (κ3) is 2.26. The first-order valence-corrected chi connectivity index (χ1v) is 6.38. The highest BCUT2D eigenvalue weighted by atomic mass is 19.1. The molecule has 2 heterocycles. The third-order valence-electron chi connectivity index (χ3n) is 3.18. The van der Waals surface area contributed by atoms with Crippen LogP contribution in [0.25, 0.3) is 0 Å². The van der Waals surface area contributed by atoms with Crippen LogP contribution in [0.15, 0.2) is 18.5 Å². The van der Waals surface area contributed by atoms with Crippen molar-refractivity contribution in [3.8, 4) is 0 Å². The Labute approximate surface area is 115 Å². The molecule has 1 amide bonds. The highest BCUT2D eigenvalue weighted by Gasteiger charge is 2.30.